The highest BCUT2D eigenvalue weighted by atomic mass is 19.1. The standard InChI is InChI=1S/C17H14FN3O2/c18-14-8-4-5-9-15(14)23-12-17(22)19-16-10-11-21(20-16)13-6-2-1-3-7-13/h1-11H,12H2,(H,19,20,22). The first-order valence-corrected chi connectivity index (χ1v) is 7.00. The van der Waals surface area contributed by atoms with Crippen LogP contribution in [0.5, 0.6) is 5.75 Å². The van der Waals surface area contributed by atoms with Crippen LogP contribution in [0.4, 0.5) is 10.2 Å². The van der Waals surface area contributed by atoms with Crippen molar-refractivity contribution in [3.8, 4) is 11.4 Å². The molecule has 0 saturated heterocycles. The molecule has 3 rings (SSSR count). The van der Waals surface area contributed by atoms with E-state index in [1.54, 1.807) is 29.1 Å². The second kappa shape index (κ2) is 6.74. The van der Waals surface area contributed by atoms with Crippen molar-refractivity contribution in [1.82, 2.24) is 9.78 Å². The van der Waals surface area contributed by atoms with Crippen LogP contribution in [-0.2, 0) is 4.79 Å². The van der Waals surface area contributed by atoms with Crippen LogP contribution in [0, 0.1) is 5.82 Å². The Morgan fingerprint density at radius 2 is 1.83 bits per heavy atom. The minimum Gasteiger partial charge on any atom is -0.481 e. The van der Waals surface area contributed by atoms with Crippen LogP contribution < -0.4 is 10.1 Å². The Bertz CT molecular complexity index is 802. The maximum Gasteiger partial charge on any atom is 0.263 e. The first kappa shape index (κ1) is 14.8. The summed E-state index contributed by atoms with van der Waals surface area (Å²) in [5, 5.41) is 6.85. The van der Waals surface area contributed by atoms with Gasteiger partial charge in [-0.3, -0.25) is 4.79 Å². The molecule has 1 amide bonds. The number of carbonyl (C=O) groups excluding carboxylic acids is 1. The molecule has 0 aliphatic rings. The van der Waals surface area contributed by atoms with Gasteiger partial charge in [-0.1, -0.05) is 30.3 Å². The van der Waals surface area contributed by atoms with Gasteiger partial charge < -0.3 is 10.1 Å². The van der Waals surface area contributed by atoms with Gasteiger partial charge in [0, 0.05) is 12.3 Å². The fourth-order valence-electron chi connectivity index (χ4n) is 2.00. The lowest BCUT2D eigenvalue weighted by Crippen LogP contribution is -2.20. The molecule has 0 atom stereocenters. The number of anilines is 1. The van der Waals surface area contributed by atoms with Gasteiger partial charge in [0.05, 0.1) is 5.69 Å². The highest BCUT2D eigenvalue weighted by molar-refractivity contribution is 5.90. The molecular formula is C17H14FN3O2. The maximum absolute atomic E-state index is 13.4. The summed E-state index contributed by atoms with van der Waals surface area (Å²) in [6, 6.07) is 17.1. The van der Waals surface area contributed by atoms with Crippen LogP contribution in [0.2, 0.25) is 0 Å². The van der Waals surface area contributed by atoms with Crippen LogP contribution >= 0.6 is 0 Å². The number of benzene rings is 2. The predicted octanol–water partition coefficient (Wildman–Crippen LogP) is 3.03. The summed E-state index contributed by atoms with van der Waals surface area (Å²) in [5.74, 6) is -0.478. The molecule has 0 unspecified atom stereocenters. The summed E-state index contributed by atoms with van der Waals surface area (Å²) in [6.07, 6.45) is 1.74. The van der Waals surface area contributed by atoms with Gasteiger partial charge in [0.1, 0.15) is 0 Å². The molecule has 0 fully saturated rings. The SMILES string of the molecule is O=C(COc1ccccc1F)Nc1ccn(-c2ccccc2)n1. The van der Waals surface area contributed by atoms with Crippen LogP contribution in [0.3, 0.4) is 0 Å². The topological polar surface area (TPSA) is 56.1 Å². The van der Waals surface area contributed by atoms with E-state index in [9.17, 15) is 9.18 Å². The Labute approximate surface area is 132 Å². The minimum atomic E-state index is -0.506. The Kier molecular flexibility index (Phi) is 4.33. The quantitative estimate of drug-likeness (QED) is 0.788. The Balaban J connectivity index is 1.58. The first-order chi connectivity index (χ1) is 11.2. The van der Waals surface area contributed by atoms with Gasteiger partial charge in [-0.05, 0) is 24.3 Å². The fraction of sp³-hybridized carbons (Fsp3) is 0.0588. The number of carbonyl (C=O) groups is 1. The molecule has 1 aromatic heterocycles. The number of hydrogen-bond acceptors (Lipinski definition) is 3. The van der Waals surface area contributed by atoms with Crippen molar-refractivity contribution >= 4 is 11.7 Å². The average molecular weight is 311 g/mol. The number of para-hydroxylation sites is 2. The molecule has 0 aliphatic heterocycles. The molecule has 0 aliphatic carbocycles. The zero-order valence-corrected chi connectivity index (χ0v) is 12.1. The summed E-state index contributed by atoms with van der Waals surface area (Å²) < 4.78 is 20.2. The Morgan fingerprint density at radius 1 is 1.09 bits per heavy atom. The molecule has 3 aromatic rings. The number of halogens is 1. The molecule has 116 valence electrons. The molecule has 0 radical (unpaired) electrons. The molecule has 0 spiro atoms. The zero-order valence-electron chi connectivity index (χ0n) is 12.1. The van der Waals surface area contributed by atoms with Crippen LogP contribution in [0.25, 0.3) is 5.69 Å². The molecule has 5 nitrogen and oxygen atoms in total. The lowest BCUT2D eigenvalue weighted by Gasteiger charge is -2.06. The van der Waals surface area contributed by atoms with E-state index in [1.165, 1.54) is 12.1 Å². The van der Waals surface area contributed by atoms with Crippen molar-refractivity contribution < 1.29 is 13.9 Å². The second-order valence-electron chi connectivity index (χ2n) is 4.75. The fourth-order valence-corrected chi connectivity index (χ4v) is 2.00. The van der Waals surface area contributed by atoms with E-state index in [4.69, 9.17) is 4.74 Å². The van der Waals surface area contributed by atoms with Gasteiger partial charge in [-0.2, -0.15) is 5.10 Å². The lowest BCUT2D eigenvalue weighted by atomic mass is 10.3. The molecule has 0 bridgehead atoms. The summed E-state index contributed by atoms with van der Waals surface area (Å²) >= 11 is 0. The molecule has 2 aromatic carbocycles. The molecule has 23 heavy (non-hydrogen) atoms. The number of nitrogens with zero attached hydrogens (tertiary/aromatic N) is 2. The number of rotatable bonds is 5. The summed E-state index contributed by atoms with van der Waals surface area (Å²) in [6.45, 7) is -0.293. The largest absolute Gasteiger partial charge is 0.481 e. The highest BCUT2D eigenvalue weighted by Crippen LogP contribution is 2.15. The van der Waals surface area contributed by atoms with Crippen molar-refractivity contribution in [2.24, 2.45) is 0 Å². The zero-order chi connectivity index (χ0) is 16.1. The summed E-state index contributed by atoms with van der Waals surface area (Å²) in [4.78, 5) is 11.8. The third-order valence-electron chi connectivity index (χ3n) is 3.07. The van der Waals surface area contributed by atoms with Crippen LogP contribution in [0.1, 0.15) is 0 Å². The van der Waals surface area contributed by atoms with Crippen LogP contribution in [0.15, 0.2) is 66.9 Å². The van der Waals surface area contributed by atoms with Gasteiger partial charge in [0.2, 0.25) is 0 Å². The molecule has 0 saturated carbocycles. The van der Waals surface area contributed by atoms with E-state index in [2.05, 4.69) is 10.4 Å². The van der Waals surface area contributed by atoms with Crippen molar-refractivity contribution in [1.29, 1.82) is 0 Å². The molecular weight excluding hydrogens is 297 g/mol. The lowest BCUT2D eigenvalue weighted by molar-refractivity contribution is -0.118. The number of nitrogens with one attached hydrogen (secondary N) is 1. The van der Waals surface area contributed by atoms with Crippen LogP contribution in [-0.4, -0.2) is 22.3 Å². The van der Waals surface area contributed by atoms with E-state index in [1.807, 2.05) is 30.3 Å². The van der Waals surface area contributed by atoms with Gasteiger partial charge in [-0.15, -0.1) is 0 Å². The molecule has 6 heteroatoms. The average Bonchev–Trinajstić information content (AvgIpc) is 3.03. The van der Waals surface area contributed by atoms with Gasteiger partial charge >= 0.3 is 0 Å². The van der Waals surface area contributed by atoms with E-state index in [0.717, 1.165) is 5.69 Å². The molecule has 1 N–H and O–H groups in total. The predicted molar refractivity (Wildman–Crippen MR) is 84.1 cm³/mol. The van der Waals surface area contributed by atoms with Gasteiger partial charge in [-0.25, -0.2) is 9.07 Å². The first-order valence-electron chi connectivity index (χ1n) is 7.00. The number of aromatic nitrogens is 2. The normalized spacial score (nSPS) is 10.3. The van der Waals surface area contributed by atoms with E-state index in [0.29, 0.717) is 5.82 Å². The molecule has 1 heterocycles. The summed E-state index contributed by atoms with van der Waals surface area (Å²) in [7, 11) is 0. The van der Waals surface area contributed by atoms with E-state index >= 15 is 0 Å². The maximum atomic E-state index is 13.4. The second-order valence-corrected chi connectivity index (χ2v) is 4.75. The third kappa shape index (κ3) is 3.74. The number of amides is 1. The summed E-state index contributed by atoms with van der Waals surface area (Å²) in [5.41, 5.74) is 0.885. The Morgan fingerprint density at radius 3 is 2.61 bits per heavy atom. The van der Waals surface area contributed by atoms with E-state index < -0.39 is 11.7 Å². The Hall–Kier alpha value is -3.15. The van der Waals surface area contributed by atoms with Crippen molar-refractivity contribution in [2.75, 3.05) is 11.9 Å². The number of ether oxygens (including phenoxy) is 1. The van der Waals surface area contributed by atoms with Crippen molar-refractivity contribution in [2.45, 2.75) is 0 Å². The third-order valence-corrected chi connectivity index (χ3v) is 3.07. The minimum absolute atomic E-state index is 0.0393. The van der Waals surface area contributed by atoms with Crippen molar-refractivity contribution in [3.05, 3.63) is 72.7 Å². The van der Waals surface area contributed by atoms with Gasteiger partial charge in [0.25, 0.3) is 5.91 Å². The monoisotopic (exact) mass is 311 g/mol. The van der Waals surface area contributed by atoms with Gasteiger partial charge in [0.15, 0.2) is 24.0 Å². The van der Waals surface area contributed by atoms with Crippen molar-refractivity contribution in [3.63, 3.8) is 0 Å². The van der Waals surface area contributed by atoms with E-state index in [-0.39, 0.29) is 12.4 Å². The number of hydrogen-bond donors (Lipinski definition) is 1. The highest BCUT2D eigenvalue weighted by Gasteiger charge is 2.08. The smallest absolute Gasteiger partial charge is 0.263 e.